The molecule has 0 spiro atoms. The predicted octanol–water partition coefficient (Wildman–Crippen LogP) is 4.78. The number of hydrogen-bond donors (Lipinski definition) is 0. The fourth-order valence-electron chi connectivity index (χ4n) is 4.64. The van der Waals surface area contributed by atoms with Gasteiger partial charge in [-0.25, -0.2) is 0 Å². The fraction of sp³-hybridized carbons (Fsp3) is 0. The van der Waals surface area contributed by atoms with E-state index in [-0.39, 0.29) is 6.71 Å². The van der Waals surface area contributed by atoms with E-state index >= 15 is 0 Å². The van der Waals surface area contributed by atoms with Gasteiger partial charge in [0.1, 0.15) is 23.0 Å². The van der Waals surface area contributed by atoms with Gasteiger partial charge in [0.25, 0.3) is 6.71 Å². The third kappa shape index (κ3) is 1.78. The highest BCUT2D eigenvalue weighted by Gasteiger charge is 2.41. The Kier molecular flexibility index (Phi) is 2.73. The number of fused-ring (bicyclic) bond motifs is 8. The Labute approximate surface area is 166 Å². The molecule has 2 aliphatic heterocycles. The van der Waals surface area contributed by atoms with Crippen LogP contribution < -0.4 is 25.9 Å². The number of thiophene rings is 1. The van der Waals surface area contributed by atoms with Gasteiger partial charge in [-0.1, -0.05) is 54.6 Å². The third-order valence-electron chi connectivity index (χ3n) is 5.80. The number of para-hydroxylation sites is 2. The van der Waals surface area contributed by atoms with Crippen LogP contribution in [0.15, 0.2) is 78.9 Å². The molecule has 0 unspecified atom stereocenters. The number of hydrogen-bond acceptors (Lipinski definition) is 3. The molecule has 2 aliphatic rings. The second-order valence-corrected chi connectivity index (χ2v) is 8.39. The van der Waals surface area contributed by atoms with Crippen LogP contribution in [0.4, 0.5) is 0 Å². The highest BCUT2D eigenvalue weighted by Crippen LogP contribution is 2.45. The van der Waals surface area contributed by atoms with Gasteiger partial charge in [0.15, 0.2) is 0 Å². The molecule has 0 radical (unpaired) electrons. The minimum atomic E-state index is 0.128. The zero-order valence-corrected chi connectivity index (χ0v) is 15.6. The largest absolute Gasteiger partial charge is 0.458 e. The lowest BCUT2D eigenvalue weighted by Gasteiger charge is -2.33. The summed E-state index contributed by atoms with van der Waals surface area (Å²) in [6, 6.07) is 27.5. The Morgan fingerprint density at radius 1 is 0.643 bits per heavy atom. The van der Waals surface area contributed by atoms with E-state index in [1.807, 2.05) is 12.1 Å². The van der Waals surface area contributed by atoms with E-state index in [0.717, 1.165) is 28.5 Å². The van der Waals surface area contributed by atoms with Crippen LogP contribution in [0, 0.1) is 0 Å². The summed E-state index contributed by atoms with van der Waals surface area (Å²) in [5.74, 6) is 3.73. The van der Waals surface area contributed by atoms with E-state index in [0.29, 0.717) is 0 Å². The molecule has 5 aromatic rings. The molecule has 0 saturated heterocycles. The molecule has 0 atom stereocenters. The Hall–Kier alpha value is -3.24. The first-order valence-corrected chi connectivity index (χ1v) is 10.2. The second-order valence-electron chi connectivity index (χ2n) is 7.30. The van der Waals surface area contributed by atoms with E-state index in [4.69, 9.17) is 9.47 Å². The Balaban J connectivity index is 1.67. The molecule has 4 aromatic carbocycles. The van der Waals surface area contributed by atoms with Gasteiger partial charge in [0.05, 0.1) is 0 Å². The van der Waals surface area contributed by atoms with Crippen LogP contribution in [0.2, 0.25) is 0 Å². The zero-order valence-electron chi connectivity index (χ0n) is 14.8. The topological polar surface area (TPSA) is 18.5 Å². The van der Waals surface area contributed by atoms with Crippen LogP contribution in [-0.2, 0) is 0 Å². The molecule has 0 N–H and O–H groups in total. The van der Waals surface area contributed by atoms with Crippen molar-refractivity contribution in [1.29, 1.82) is 0 Å². The van der Waals surface area contributed by atoms with Crippen LogP contribution in [0.25, 0.3) is 20.2 Å². The highest BCUT2D eigenvalue weighted by molar-refractivity contribution is 7.26. The van der Waals surface area contributed by atoms with Gasteiger partial charge in [0, 0.05) is 25.6 Å². The van der Waals surface area contributed by atoms with Crippen LogP contribution in [-0.4, -0.2) is 6.71 Å². The van der Waals surface area contributed by atoms with E-state index in [9.17, 15) is 0 Å². The molecule has 4 heteroatoms. The van der Waals surface area contributed by atoms with Crippen LogP contribution in [0.1, 0.15) is 0 Å². The molecule has 1 aromatic heterocycles. The molecule has 3 heterocycles. The van der Waals surface area contributed by atoms with Crippen molar-refractivity contribution in [2.75, 3.05) is 0 Å². The quantitative estimate of drug-likeness (QED) is 0.355. The molecular formula is C24H13BO2S. The molecule has 0 saturated carbocycles. The molecule has 0 aliphatic carbocycles. The predicted molar refractivity (Wildman–Crippen MR) is 117 cm³/mol. The number of ether oxygens (including phenoxy) is 2. The van der Waals surface area contributed by atoms with Gasteiger partial charge < -0.3 is 9.47 Å². The maximum Gasteiger partial charge on any atom is 0.260 e. The van der Waals surface area contributed by atoms with E-state index in [2.05, 4.69) is 66.7 Å². The summed E-state index contributed by atoms with van der Waals surface area (Å²) in [4.78, 5) is 0. The first kappa shape index (κ1) is 14.8. The van der Waals surface area contributed by atoms with Gasteiger partial charge in [-0.15, -0.1) is 11.3 Å². The molecular weight excluding hydrogens is 363 g/mol. The lowest BCUT2D eigenvalue weighted by molar-refractivity contribution is 0.469. The number of rotatable bonds is 0. The van der Waals surface area contributed by atoms with Gasteiger partial charge in [0.2, 0.25) is 0 Å². The summed E-state index contributed by atoms with van der Waals surface area (Å²) in [6.07, 6.45) is 0. The molecule has 130 valence electrons. The van der Waals surface area contributed by atoms with E-state index in [1.54, 1.807) is 11.3 Å². The monoisotopic (exact) mass is 376 g/mol. The Bertz CT molecular complexity index is 1420. The maximum absolute atomic E-state index is 6.55. The molecule has 0 bridgehead atoms. The van der Waals surface area contributed by atoms with Crippen molar-refractivity contribution in [3.63, 3.8) is 0 Å². The number of benzene rings is 4. The first-order chi connectivity index (χ1) is 13.9. The van der Waals surface area contributed by atoms with E-state index in [1.165, 1.54) is 31.1 Å². The molecule has 0 fully saturated rings. The summed E-state index contributed by atoms with van der Waals surface area (Å²) >= 11 is 1.79. The van der Waals surface area contributed by atoms with Crippen LogP contribution in [0.3, 0.4) is 0 Å². The molecule has 7 rings (SSSR count). The van der Waals surface area contributed by atoms with Gasteiger partial charge >= 0.3 is 0 Å². The van der Waals surface area contributed by atoms with Crippen molar-refractivity contribution in [1.82, 2.24) is 0 Å². The van der Waals surface area contributed by atoms with Crippen molar-refractivity contribution in [2.24, 2.45) is 0 Å². The highest BCUT2D eigenvalue weighted by atomic mass is 32.1. The zero-order chi connectivity index (χ0) is 18.2. The minimum Gasteiger partial charge on any atom is -0.458 e. The lowest BCUT2D eigenvalue weighted by Crippen LogP contribution is -2.57. The van der Waals surface area contributed by atoms with E-state index < -0.39 is 0 Å². The normalized spacial score (nSPS) is 13.5. The second kappa shape index (κ2) is 5.18. The van der Waals surface area contributed by atoms with Crippen LogP contribution in [0.5, 0.6) is 23.0 Å². The van der Waals surface area contributed by atoms with Gasteiger partial charge in [-0.2, -0.15) is 0 Å². The average Bonchev–Trinajstić information content (AvgIpc) is 3.11. The maximum atomic E-state index is 6.55. The van der Waals surface area contributed by atoms with Crippen molar-refractivity contribution >= 4 is 54.6 Å². The summed E-state index contributed by atoms with van der Waals surface area (Å²) in [5, 5.41) is 2.44. The summed E-state index contributed by atoms with van der Waals surface area (Å²) in [5.41, 5.74) is 3.55. The average molecular weight is 376 g/mol. The lowest BCUT2D eigenvalue weighted by atomic mass is 9.35. The van der Waals surface area contributed by atoms with Crippen molar-refractivity contribution in [2.45, 2.75) is 0 Å². The smallest absolute Gasteiger partial charge is 0.260 e. The third-order valence-corrected chi connectivity index (χ3v) is 6.92. The first-order valence-electron chi connectivity index (χ1n) is 9.40. The Morgan fingerprint density at radius 3 is 2.14 bits per heavy atom. The fourth-order valence-corrected chi connectivity index (χ4v) is 5.77. The van der Waals surface area contributed by atoms with Crippen molar-refractivity contribution in [3.05, 3.63) is 78.9 Å². The standard InChI is InChI=1S/C24H13BO2S/c1-6-12-20-14(7-1)22-21(28-20)13-19-23-24(22)27-18-11-5-3-9-16(18)25(23)15-8-2-4-10-17(15)26-19/h1-13H. The minimum absolute atomic E-state index is 0.128. The molecule has 28 heavy (non-hydrogen) atoms. The van der Waals surface area contributed by atoms with Crippen LogP contribution >= 0.6 is 11.3 Å². The molecule has 0 amide bonds. The summed E-state index contributed by atoms with van der Waals surface area (Å²) in [7, 11) is 0. The van der Waals surface area contributed by atoms with Crippen molar-refractivity contribution < 1.29 is 9.47 Å². The summed E-state index contributed by atoms with van der Waals surface area (Å²) < 4.78 is 15.4. The van der Waals surface area contributed by atoms with Crippen molar-refractivity contribution in [3.8, 4) is 23.0 Å². The molecule has 2 nitrogen and oxygen atoms in total. The SMILES string of the molecule is c1ccc2c(c1)Oc1cc3sc4ccccc4c3c3c1B2c1ccccc1O3. The van der Waals surface area contributed by atoms with Gasteiger partial charge in [-0.05, 0) is 35.2 Å². The summed E-state index contributed by atoms with van der Waals surface area (Å²) in [6.45, 7) is 0.128. The van der Waals surface area contributed by atoms with Gasteiger partial charge in [-0.3, -0.25) is 0 Å². The Morgan fingerprint density at radius 2 is 1.32 bits per heavy atom.